The lowest BCUT2D eigenvalue weighted by atomic mass is 9.97. The molecule has 1 atom stereocenters. The number of nitrogens with two attached hydrogens (primary N) is 1. The van der Waals surface area contributed by atoms with Gasteiger partial charge in [0.2, 0.25) is 0 Å². The van der Waals surface area contributed by atoms with Crippen LogP contribution in [0.4, 0.5) is 0 Å². The van der Waals surface area contributed by atoms with Crippen LogP contribution in [0.15, 0.2) is 38.1 Å². The third-order valence-electron chi connectivity index (χ3n) is 3.88. The largest absolute Gasteiger partial charge is 0.458 e. The van der Waals surface area contributed by atoms with E-state index >= 15 is 0 Å². The number of halogens is 1. The monoisotopic (exact) mass is 335 g/mol. The quantitative estimate of drug-likeness (QED) is 0.934. The topological polar surface area (TPSA) is 54.8 Å². The molecule has 0 fully saturated rings. The van der Waals surface area contributed by atoms with Crippen molar-refractivity contribution in [2.75, 3.05) is 13.1 Å². The van der Waals surface area contributed by atoms with Gasteiger partial charge in [0, 0.05) is 16.4 Å². The Bertz CT molecular complexity index is 679. The molecule has 1 unspecified atom stereocenters. The molecule has 1 aromatic carbocycles. The van der Waals surface area contributed by atoms with E-state index < -0.39 is 0 Å². The van der Waals surface area contributed by atoms with Crippen molar-refractivity contribution in [2.24, 2.45) is 10.7 Å². The Labute approximate surface area is 126 Å². The summed E-state index contributed by atoms with van der Waals surface area (Å²) in [5, 5.41) is 1.09. The molecule has 2 N–H and O–H groups in total. The maximum Gasteiger partial charge on any atom is 0.192 e. The van der Waals surface area contributed by atoms with Gasteiger partial charge in [-0.25, -0.2) is 0 Å². The standard InChI is InChI=1S/C15H18BrN3O/c1-3-6-19-14(17)18-9-15(19,2)13-8-10-7-11(16)4-5-12(10)20-13/h4-5,7-8H,3,6,9H2,1-2H3,(H2,17,18). The molecule has 1 aliphatic rings. The molecule has 1 aromatic heterocycles. The number of hydrogen-bond acceptors (Lipinski definition) is 4. The number of fused-ring (bicyclic) bond motifs is 1. The molecule has 0 saturated carbocycles. The summed E-state index contributed by atoms with van der Waals surface area (Å²) in [6, 6.07) is 8.13. The molecule has 0 radical (unpaired) electrons. The van der Waals surface area contributed by atoms with E-state index in [0.29, 0.717) is 12.5 Å². The van der Waals surface area contributed by atoms with E-state index in [9.17, 15) is 0 Å². The van der Waals surface area contributed by atoms with Crippen molar-refractivity contribution in [1.82, 2.24) is 4.90 Å². The Kier molecular flexibility index (Phi) is 3.24. The summed E-state index contributed by atoms with van der Waals surface area (Å²) in [7, 11) is 0. The summed E-state index contributed by atoms with van der Waals surface area (Å²) < 4.78 is 7.09. The number of guanidine groups is 1. The zero-order valence-corrected chi connectivity index (χ0v) is 13.3. The minimum atomic E-state index is -0.286. The minimum Gasteiger partial charge on any atom is -0.458 e. The molecule has 2 aromatic rings. The minimum absolute atomic E-state index is 0.286. The van der Waals surface area contributed by atoms with Crippen LogP contribution in [0.25, 0.3) is 11.0 Å². The first kappa shape index (κ1) is 13.5. The van der Waals surface area contributed by atoms with E-state index in [1.54, 1.807) is 0 Å². The lowest BCUT2D eigenvalue weighted by Gasteiger charge is -2.34. The van der Waals surface area contributed by atoms with Crippen LogP contribution < -0.4 is 5.73 Å². The van der Waals surface area contributed by atoms with Gasteiger partial charge < -0.3 is 15.1 Å². The van der Waals surface area contributed by atoms with Crippen LogP contribution in [0.1, 0.15) is 26.0 Å². The van der Waals surface area contributed by atoms with Gasteiger partial charge in [-0.2, -0.15) is 0 Å². The van der Waals surface area contributed by atoms with Crippen molar-refractivity contribution in [3.05, 3.63) is 34.5 Å². The second kappa shape index (κ2) is 4.81. The van der Waals surface area contributed by atoms with Crippen LogP contribution in [0.2, 0.25) is 0 Å². The van der Waals surface area contributed by atoms with E-state index in [1.165, 1.54) is 0 Å². The van der Waals surface area contributed by atoms with Crippen LogP contribution >= 0.6 is 15.9 Å². The van der Waals surface area contributed by atoms with Crippen molar-refractivity contribution in [3.8, 4) is 0 Å². The van der Waals surface area contributed by atoms with Crippen molar-refractivity contribution in [1.29, 1.82) is 0 Å². The Hall–Kier alpha value is -1.49. The highest BCUT2D eigenvalue weighted by atomic mass is 79.9. The van der Waals surface area contributed by atoms with E-state index in [2.05, 4.69) is 51.8 Å². The van der Waals surface area contributed by atoms with Crippen molar-refractivity contribution < 1.29 is 4.42 Å². The van der Waals surface area contributed by atoms with Gasteiger partial charge in [0.05, 0.1) is 6.54 Å². The zero-order valence-electron chi connectivity index (χ0n) is 11.7. The smallest absolute Gasteiger partial charge is 0.192 e. The predicted molar refractivity (Wildman–Crippen MR) is 84.8 cm³/mol. The number of aliphatic imine (C=N–C) groups is 1. The van der Waals surface area contributed by atoms with Gasteiger partial charge in [0.15, 0.2) is 5.96 Å². The summed E-state index contributed by atoms with van der Waals surface area (Å²) in [5.74, 6) is 1.53. The van der Waals surface area contributed by atoms with E-state index in [-0.39, 0.29) is 5.54 Å². The average Bonchev–Trinajstić information content (AvgIpc) is 2.96. The predicted octanol–water partition coefficient (Wildman–Crippen LogP) is 3.45. The summed E-state index contributed by atoms with van der Waals surface area (Å²) in [5.41, 5.74) is 6.63. The Morgan fingerprint density at radius 2 is 2.25 bits per heavy atom. The molecule has 2 heterocycles. The van der Waals surface area contributed by atoms with Crippen molar-refractivity contribution in [2.45, 2.75) is 25.8 Å². The van der Waals surface area contributed by atoms with Crippen LogP contribution in [-0.4, -0.2) is 23.9 Å². The van der Waals surface area contributed by atoms with Crippen molar-refractivity contribution >= 4 is 32.9 Å². The second-order valence-corrected chi connectivity index (χ2v) is 6.31. The zero-order chi connectivity index (χ0) is 14.3. The molecular formula is C15H18BrN3O. The highest BCUT2D eigenvalue weighted by Gasteiger charge is 2.41. The van der Waals surface area contributed by atoms with Gasteiger partial charge in [-0.05, 0) is 37.6 Å². The molecule has 0 saturated heterocycles. The van der Waals surface area contributed by atoms with Gasteiger partial charge in [-0.15, -0.1) is 0 Å². The molecule has 106 valence electrons. The Morgan fingerprint density at radius 1 is 1.45 bits per heavy atom. The molecule has 1 aliphatic heterocycles. The first-order chi connectivity index (χ1) is 9.54. The fourth-order valence-corrected chi connectivity index (χ4v) is 3.11. The SMILES string of the molecule is CCCN1C(N)=NCC1(C)c1cc2cc(Br)ccc2o1. The van der Waals surface area contributed by atoms with E-state index in [1.807, 2.05) is 12.1 Å². The van der Waals surface area contributed by atoms with Crippen molar-refractivity contribution in [3.63, 3.8) is 0 Å². The fraction of sp³-hybridized carbons (Fsp3) is 0.400. The lowest BCUT2D eigenvalue weighted by Crippen LogP contribution is -2.47. The van der Waals surface area contributed by atoms with Crippen LogP contribution in [0.5, 0.6) is 0 Å². The summed E-state index contributed by atoms with van der Waals surface area (Å²) in [6.45, 7) is 5.80. The van der Waals surface area contributed by atoms with Crippen LogP contribution in [0.3, 0.4) is 0 Å². The van der Waals surface area contributed by atoms with E-state index in [4.69, 9.17) is 10.2 Å². The van der Waals surface area contributed by atoms with Gasteiger partial charge >= 0.3 is 0 Å². The number of rotatable bonds is 3. The summed E-state index contributed by atoms with van der Waals surface area (Å²) >= 11 is 3.49. The molecular weight excluding hydrogens is 318 g/mol. The molecule has 3 rings (SSSR count). The first-order valence-corrected chi connectivity index (χ1v) is 7.61. The third kappa shape index (κ3) is 2.00. The molecule has 0 bridgehead atoms. The van der Waals surface area contributed by atoms with Gasteiger partial charge in [0.25, 0.3) is 0 Å². The fourth-order valence-electron chi connectivity index (χ4n) is 2.73. The molecule has 0 amide bonds. The van der Waals surface area contributed by atoms with Gasteiger partial charge in [0.1, 0.15) is 16.9 Å². The highest BCUT2D eigenvalue weighted by Crippen LogP contribution is 2.36. The number of benzene rings is 1. The average molecular weight is 336 g/mol. The molecule has 5 heteroatoms. The molecule has 4 nitrogen and oxygen atoms in total. The van der Waals surface area contributed by atoms with E-state index in [0.717, 1.165) is 34.2 Å². The highest BCUT2D eigenvalue weighted by molar-refractivity contribution is 9.10. The number of furan rings is 1. The van der Waals surface area contributed by atoms with Gasteiger partial charge in [-0.3, -0.25) is 4.99 Å². The molecule has 20 heavy (non-hydrogen) atoms. The van der Waals surface area contributed by atoms with Crippen LogP contribution in [0, 0.1) is 0 Å². The maximum atomic E-state index is 6.04. The lowest BCUT2D eigenvalue weighted by molar-refractivity contribution is 0.191. The summed E-state index contributed by atoms with van der Waals surface area (Å²) in [4.78, 5) is 6.54. The van der Waals surface area contributed by atoms with Gasteiger partial charge in [-0.1, -0.05) is 22.9 Å². The Balaban J connectivity index is 2.05. The Morgan fingerprint density at radius 3 is 3.00 bits per heavy atom. The third-order valence-corrected chi connectivity index (χ3v) is 4.37. The number of hydrogen-bond donors (Lipinski definition) is 1. The second-order valence-electron chi connectivity index (χ2n) is 5.39. The normalized spacial score (nSPS) is 22.6. The number of nitrogens with zero attached hydrogens (tertiary/aromatic N) is 2. The maximum absolute atomic E-state index is 6.04. The molecule has 0 spiro atoms. The van der Waals surface area contributed by atoms with Crippen LogP contribution in [-0.2, 0) is 5.54 Å². The molecule has 0 aliphatic carbocycles. The first-order valence-electron chi connectivity index (χ1n) is 6.82. The summed E-state index contributed by atoms with van der Waals surface area (Å²) in [6.07, 6.45) is 1.03.